The summed E-state index contributed by atoms with van der Waals surface area (Å²) in [4.78, 5) is 0. The van der Waals surface area contributed by atoms with E-state index in [2.05, 4.69) is 40.8 Å². The Kier molecular flexibility index (Phi) is 13.8. The third-order valence-corrected chi connectivity index (χ3v) is 11.6. The standard InChI is InChI=1S/4C8H9F3N2S/c4*1-14-7-5(8(9,10)11)6(12-13-7)4-2-3-4/h4*4H,2-3H2,1H3,(H,12,13). The first kappa shape index (κ1) is 44.5. The van der Waals surface area contributed by atoms with E-state index < -0.39 is 47.0 Å². The van der Waals surface area contributed by atoms with E-state index >= 15 is 0 Å². The molecular weight excluding hydrogens is 853 g/mol. The molecule has 24 heteroatoms. The van der Waals surface area contributed by atoms with Crippen LogP contribution in [0.1, 0.15) is 120 Å². The van der Waals surface area contributed by atoms with Crippen molar-refractivity contribution in [2.24, 2.45) is 0 Å². The number of H-pyrrole nitrogens is 4. The molecule has 4 N–H and O–H groups in total. The largest absolute Gasteiger partial charge is 0.420 e. The average molecular weight is 889 g/mol. The maximum Gasteiger partial charge on any atom is 0.420 e. The van der Waals surface area contributed by atoms with Gasteiger partial charge in [-0.2, -0.15) is 73.1 Å². The summed E-state index contributed by atoms with van der Waals surface area (Å²) in [6, 6.07) is 0. The molecule has 4 aromatic rings. The number of thioether (sulfide) groups is 4. The van der Waals surface area contributed by atoms with Gasteiger partial charge in [-0.1, -0.05) is 0 Å². The van der Waals surface area contributed by atoms with Gasteiger partial charge in [0.05, 0.1) is 22.8 Å². The van der Waals surface area contributed by atoms with Gasteiger partial charge in [-0.25, -0.2) is 0 Å². The molecule has 4 saturated carbocycles. The number of alkyl halides is 12. The van der Waals surface area contributed by atoms with E-state index in [9.17, 15) is 52.7 Å². The van der Waals surface area contributed by atoms with Crippen molar-refractivity contribution in [1.82, 2.24) is 40.8 Å². The number of nitrogens with one attached hydrogen (secondary N) is 4. The summed E-state index contributed by atoms with van der Waals surface area (Å²) in [6.45, 7) is 0. The number of aromatic nitrogens is 8. The molecule has 56 heavy (non-hydrogen) atoms. The van der Waals surface area contributed by atoms with E-state index in [1.807, 2.05) is 0 Å². The SMILES string of the molecule is CSc1n[nH]c(C2CC2)c1C(F)(F)F.CSc1n[nH]c(C2CC2)c1C(F)(F)F.CSc1n[nH]c(C2CC2)c1C(F)(F)F.CSc1n[nH]c(C2CC2)c1C(F)(F)F. The minimum absolute atomic E-state index is 0.0417. The minimum Gasteiger partial charge on any atom is -0.281 e. The molecule has 0 unspecified atom stereocenters. The smallest absolute Gasteiger partial charge is 0.281 e. The summed E-state index contributed by atoms with van der Waals surface area (Å²) >= 11 is 4.10. The Labute approximate surface area is 329 Å². The molecule has 0 radical (unpaired) electrons. The van der Waals surface area contributed by atoms with Crippen LogP contribution < -0.4 is 0 Å². The summed E-state index contributed by atoms with van der Waals surface area (Å²) in [5, 5.41) is 25.0. The highest BCUT2D eigenvalue weighted by molar-refractivity contribution is 7.99. The molecule has 0 bridgehead atoms. The zero-order valence-corrected chi connectivity index (χ0v) is 33.2. The van der Waals surface area contributed by atoms with E-state index in [4.69, 9.17) is 0 Å². The third-order valence-electron chi connectivity index (χ3n) is 8.89. The van der Waals surface area contributed by atoms with Gasteiger partial charge in [0, 0.05) is 23.7 Å². The van der Waals surface area contributed by atoms with Crippen LogP contribution in [-0.2, 0) is 24.7 Å². The van der Waals surface area contributed by atoms with E-state index in [-0.39, 0.29) is 66.6 Å². The van der Waals surface area contributed by atoms with Crippen molar-refractivity contribution in [3.05, 3.63) is 45.0 Å². The number of aromatic amines is 4. The lowest BCUT2D eigenvalue weighted by molar-refractivity contribution is -0.141. The molecule has 0 aromatic carbocycles. The van der Waals surface area contributed by atoms with Crippen LogP contribution in [0, 0.1) is 0 Å². The summed E-state index contributed by atoms with van der Waals surface area (Å²) < 4.78 is 152. The van der Waals surface area contributed by atoms with Crippen LogP contribution >= 0.6 is 47.0 Å². The summed E-state index contributed by atoms with van der Waals surface area (Å²) in [5.41, 5.74) is -1.19. The zero-order chi connectivity index (χ0) is 41.4. The number of hydrogen-bond acceptors (Lipinski definition) is 8. The molecule has 8 rings (SSSR count). The lowest BCUT2D eigenvalue weighted by Crippen LogP contribution is -2.08. The second-order valence-corrected chi connectivity index (χ2v) is 16.4. The van der Waals surface area contributed by atoms with Crippen molar-refractivity contribution >= 4 is 47.0 Å². The highest BCUT2D eigenvalue weighted by Gasteiger charge is 2.46. The predicted molar refractivity (Wildman–Crippen MR) is 189 cm³/mol. The molecule has 4 aliphatic rings. The first-order chi connectivity index (χ1) is 26.1. The quantitative estimate of drug-likeness (QED) is 0.102. The van der Waals surface area contributed by atoms with Crippen LogP contribution in [0.3, 0.4) is 0 Å². The molecule has 0 spiro atoms. The van der Waals surface area contributed by atoms with Crippen molar-refractivity contribution in [3.63, 3.8) is 0 Å². The first-order valence-corrected chi connectivity index (χ1v) is 21.8. The third kappa shape index (κ3) is 10.9. The van der Waals surface area contributed by atoms with Crippen LogP contribution in [-0.4, -0.2) is 65.8 Å². The van der Waals surface area contributed by atoms with E-state index in [0.717, 1.165) is 98.4 Å². The van der Waals surface area contributed by atoms with Crippen LogP contribution in [0.2, 0.25) is 0 Å². The summed E-state index contributed by atoms with van der Waals surface area (Å²) in [6.07, 6.45) is -4.10. The Bertz CT molecular complexity index is 1640. The van der Waals surface area contributed by atoms with Crippen LogP contribution in [0.5, 0.6) is 0 Å². The highest BCUT2D eigenvalue weighted by Crippen LogP contribution is 2.50. The maximum atomic E-state index is 12.6. The van der Waals surface area contributed by atoms with Gasteiger partial charge < -0.3 is 0 Å². The number of hydrogen-bond donors (Lipinski definition) is 4. The summed E-state index contributed by atoms with van der Waals surface area (Å²) in [7, 11) is 0. The second-order valence-electron chi connectivity index (χ2n) is 13.2. The van der Waals surface area contributed by atoms with Crippen molar-refractivity contribution in [3.8, 4) is 0 Å². The van der Waals surface area contributed by atoms with Crippen molar-refractivity contribution in [2.45, 2.75) is 120 Å². The summed E-state index contributed by atoms with van der Waals surface area (Å²) in [5.74, 6) is 0.167. The maximum absolute atomic E-state index is 12.6. The Morgan fingerprint density at radius 1 is 0.357 bits per heavy atom. The molecule has 0 saturated heterocycles. The molecule has 0 aliphatic heterocycles. The van der Waals surface area contributed by atoms with Crippen molar-refractivity contribution < 1.29 is 52.7 Å². The lowest BCUT2D eigenvalue weighted by Gasteiger charge is -2.07. The number of rotatable bonds is 8. The molecule has 4 aromatic heterocycles. The van der Waals surface area contributed by atoms with Gasteiger partial charge in [-0.3, -0.25) is 20.4 Å². The topological polar surface area (TPSA) is 115 Å². The number of nitrogens with zero attached hydrogens (tertiary/aromatic N) is 4. The Morgan fingerprint density at radius 2 is 0.518 bits per heavy atom. The van der Waals surface area contributed by atoms with Gasteiger partial charge in [0.1, 0.15) is 42.4 Å². The average Bonchev–Trinajstić information content (AvgIpc) is 3.96. The van der Waals surface area contributed by atoms with Crippen LogP contribution in [0.15, 0.2) is 20.1 Å². The van der Waals surface area contributed by atoms with Crippen molar-refractivity contribution in [1.29, 1.82) is 0 Å². The normalized spacial score (nSPS) is 17.4. The molecule has 8 nitrogen and oxygen atoms in total. The van der Waals surface area contributed by atoms with E-state index in [1.54, 1.807) is 25.0 Å². The first-order valence-electron chi connectivity index (χ1n) is 16.9. The number of halogens is 12. The monoisotopic (exact) mass is 888 g/mol. The van der Waals surface area contributed by atoms with Gasteiger partial charge in [0.2, 0.25) is 0 Å². The van der Waals surface area contributed by atoms with Gasteiger partial charge in [0.15, 0.2) is 0 Å². The van der Waals surface area contributed by atoms with E-state index in [0.29, 0.717) is 0 Å². The fourth-order valence-corrected chi connectivity index (χ4v) is 7.98. The van der Waals surface area contributed by atoms with Crippen LogP contribution in [0.4, 0.5) is 52.7 Å². The lowest BCUT2D eigenvalue weighted by atomic mass is 10.2. The zero-order valence-electron chi connectivity index (χ0n) is 29.9. The fourth-order valence-electron chi connectivity index (χ4n) is 5.71. The van der Waals surface area contributed by atoms with Gasteiger partial charge in [0.25, 0.3) is 0 Å². The predicted octanol–water partition coefficient (Wildman–Crippen LogP) is 12.1. The molecule has 4 heterocycles. The van der Waals surface area contributed by atoms with Gasteiger partial charge in [-0.15, -0.1) is 47.0 Å². The fraction of sp³-hybridized carbons (Fsp3) is 0.625. The minimum atomic E-state index is -4.29. The van der Waals surface area contributed by atoms with Crippen molar-refractivity contribution in [2.75, 3.05) is 25.0 Å². The Balaban J connectivity index is 0.000000143. The molecular formula is C32H36F12N8S4. The highest BCUT2D eigenvalue weighted by atomic mass is 32.2. The van der Waals surface area contributed by atoms with Gasteiger partial charge >= 0.3 is 24.7 Å². The molecule has 0 amide bonds. The molecule has 4 aliphatic carbocycles. The van der Waals surface area contributed by atoms with Crippen LogP contribution in [0.25, 0.3) is 0 Å². The van der Waals surface area contributed by atoms with E-state index in [1.165, 1.54) is 0 Å². The molecule has 312 valence electrons. The molecule has 4 fully saturated rings. The molecule has 0 atom stereocenters. The Morgan fingerprint density at radius 3 is 0.625 bits per heavy atom. The second kappa shape index (κ2) is 17.3. The van der Waals surface area contributed by atoms with Gasteiger partial charge in [-0.05, 0) is 76.4 Å². The Hall–Kier alpha value is -2.60.